The van der Waals surface area contributed by atoms with Crippen LogP contribution in [0.4, 0.5) is 5.69 Å². The summed E-state index contributed by atoms with van der Waals surface area (Å²) in [6.45, 7) is 4.08. The molecular weight excluding hydrogens is 242 g/mol. The van der Waals surface area contributed by atoms with Crippen LogP contribution in [0.2, 0.25) is 0 Å². The van der Waals surface area contributed by atoms with E-state index in [1.807, 2.05) is 13.0 Å². The third-order valence-corrected chi connectivity index (χ3v) is 3.45. The maximum Gasteiger partial charge on any atom is 0.275 e. The fraction of sp³-hybridized carbons (Fsp3) is 0.467. The molecule has 0 N–H and O–H groups in total. The second-order valence-corrected chi connectivity index (χ2v) is 5.08. The lowest BCUT2D eigenvalue weighted by Gasteiger charge is -2.25. The third kappa shape index (κ3) is 3.41. The highest BCUT2D eigenvalue weighted by molar-refractivity contribution is 5.42. The quantitative estimate of drug-likeness (QED) is 0.456. The van der Waals surface area contributed by atoms with Gasteiger partial charge in [0.2, 0.25) is 0 Å². The number of hydrogen-bond donors (Lipinski definition) is 0. The van der Waals surface area contributed by atoms with Gasteiger partial charge in [0.15, 0.2) is 0 Å². The number of nitro groups is 1. The van der Waals surface area contributed by atoms with Crippen LogP contribution < -0.4 is 0 Å². The van der Waals surface area contributed by atoms with Crippen LogP contribution in [0.3, 0.4) is 0 Å². The first-order chi connectivity index (χ1) is 9.08. The summed E-state index contributed by atoms with van der Waals surface area (Å²) >= 11 is 0. The van der Waals surface area contributed by atoms with Crippen LogP contribution in [0.15, 0.2) is 35.9 Å². The molecule has 2 rings (SSSR count). The zero-order valence-electron chi connectivity index (χ0n) is 11.3. The summed E-state index contributed by atoms with van der Waals surface area (Å²) in [5.74, 6) is 0. The van der Waals surface area contributed by atoms with E-state index in [0.717, 1.165) is 19.3 Å². The summed E-state index contributed by atoms with van der Waals surface area (Å²) in [6, 6.07) is 6.86. The Bertz CT molecular complexity index is 496. The molecule has 1 aliphatic heterocycles. The van der Waals surface area contributed by atoms with E-state index in [0.29, 0.717) is 5.56 Å². The highest BCUT2D eigenvalue weighted by Gasteiger charge is 2.25. The molecule has 0 bridgehead atoms. The van der Waals surface area contributed by atoms with Gasteiger partial charge >= 0.3 is 0 Å². The van der Waals surface area contributed by atoms with Crippen molar-refractivity contribution in [2.75, 3.05) is 0 Å². The Hall–Kier alpha value is -1.68. The van der Waals surface area contributed by atoms with Crippen LogP contribution in [-0.4, -0.2) is 11.0 Å². The Kier molecular flexibility index (Phi) is 4.32. The highest BCUT2D eigenvalue weighted by Crippen LogP contribution is 2.34. The van der Waals surface area contributed by atoms with E-state index in [9.17, 15) is 10.1 Å². The zero-order chi connectivity index (χ0) is 13.8. The molecule has 1 aromatic rings. The zero-order valence-corrected chi connectivity index (χ0v) is 11.3. The normalized spacial score (nSPS) is 26.9. The van der Waals surface area contributed by atoms with Gasteiger partial charge in [-0.1, -0.05) is 23.8 Å². The van der Waals surface area contributed by atoms with E-state index in [2.05, 4.69) is 13.0 Å². The minimum absolute atomic E-state index is 0.120. The minimum atomic E-state index is -0.332. The summed E-state index contributed by atoms with van der Waals surface area (Å²) in [6.07, 6.45) is 4.78. The predicted molar refractivity (Wildman–Crippen MR) is 74.0 cm³/mol. The molecule has 0 radical (unpaired) electrons. The van der Waals surface area contributed by atoms with Gasteiger partial charge in [0.05, 0.1) is 22.7 Å². The lowest BCUT2D eigenvalue weighted by atomic mass is 9.97. The molecule has 1 aromatic carbocycles. The van der Waals surface area contributed by atoms with E-state index in [1.54, 1.807) is 18.2 Å². The largest absolute Gasteiger partial charge is 0.370 e. The molecule has 4 nitrogen and oxygen atoms in total. The number of para-hydroxylation sites is 1. The lowest BCUT2D eigenvalue weighted by molar-refractivity contribution is -0.386. The van der Waals surface area contributed by atoms with Crippen molar-refractivity contribution in [2.45, 2.75) is 45.3 Å². The van der Waals surface area contributed by atoms with Crippen LogP contribution >= 0.6 is 0 Å². The van der Waals surface area contributed by atoms with Crippen molar-refractivity contribution in [3.8, 4) is 0 Å². The molecule has 1 aliphatic rings. The lowest BCUT2D eigenvalue weighted by Crippen LogP contribution is -2.17. The first kappa shape index (κ1) is 13.7. The first-order valence-corrected chi connectivity index (χ1v) is 6.62. The van der Waals surface area contributed by atoms with Crippen molar-refractivity contribution >= 4 is 5.69 Å². The van der Waals surface area contributed by atoms with Crippen molar-refractivity contribution < 1.29 is 9.66 Å². The fourth-order valence-corrected chi connectivity index (χ4v) is 2.45. The molecule has 0 amide bonds. The number of nitro benzene ring substituents is 1. The van der Waals surface area contributed by atoms with Crippen molar-refractivity contribution in [2.24, 2.45) is 0 Å². The minimum Gasteiger partial charge on any atom is -0.370 e. The van der Waals surface area contributed by atoms with E-state index in [1.165, 1.54) is 5.57 Å². The second-order valence-electron chi connectivity index (χ2n) is 5.08. The number of hydrogen-bond acceptors (Lipinski definition) is 3. The van der Waals surface area contributed by atoms with Crippen molar-refractivity contribution in [1.82, 2.24) is 0 Å². The maximum absolute atomic E-state index is 11.1. The average Bonchev–Trinajstić information content (AvgIpc) is 2.36. The van der Waals surface area contributed by atoms with E-state index in [4.69, 9.17) is 4.74 Å². The molecule has 0 unspecified atom stereocenters. The summed E-state index contributed by atoms with van der Waals surface area (Å²) in [5, 5.41) is 11.1. The number of nitrogens with zero attached hydrogens (tertiary/aromatic N) is 1. The number of rotatable bonds is 2. The van der Waals surface area contributed by atoms with Crippen LogP contribution in [0, 0.1) is 10.1 Å². The Labute approximate surface area is 113 Å². The molecule has 0 spiro atoms. The van der Waals surface area contributed by atoms with Gasteiger partial charge in [-0.05, 0) is 39.2 Å². The van der Waals surface area contributed by atoms with Gasteiger partial charge < -0.3 is 4.74 Å². The van der Waals surface area contributed by atoms with Crippen LogP contribution in [0.5, 0.6) is 0 Å². The smallest absolute Gasteiger partial charge is 0.275 e. The highest BCUT2D eigenvalue weighted by atomic mass is 16.6. The monoisotopic (exact) mass is 261 g/mol. The van der Waals surface area contributed by atoms with Gasteiger partial charge in [0.1, 0.15) is 0 Å². The molecule has 0 saturated heterocycles. The molecule has 0 fully saturated rings. The summed E-state index contributed by atoms with van der Waals surface area (Å²) < 4.78 is 5.99. The maximum atomic E-state index is 11.1. The van der Waals surface area contributed by atoms with Crippen LogP contribution in [0.25, 0.3) is 0 Å². The van der Waals surface area contributed by atoms with Crippen molar-refractivity contribution in [1.29, 1.82) is 0 Å². The average molecular weight is 261 g/mol. The van der Waals surface area contributed by atoms with Gasteiger partial charge in [0, 0.05) is 6.07 Å². The van der Waals surface area contributed by atoms with E-state index < -0.39 is 0 Å². The van der Waals surface area contributed by atoms with Gasteiger partial charge in [-0.25, -0.2) is 0 Å². The predicted octanol–water partition coefficient (Wildman–Crippen LogP) is 4.17. The van der Waals surface area contributed by atoms with Crippen molar-refractivity contribution in [3.05, 3.63) is 51.6 Å². The summed E-state index contributed by atoms with van der Waals surface area (Å²) in [4.78, 5) is 10.8. The molecule has 19 heavy (non-hydrogen) atoms. The van der Waals surface area contributed by atoms with Gasteiger partial charge in [-0.15, -0.1) is 0 Å². The van der Waals surface area contributed by atoms with E-state index >= 15 is 0 Å². The first-order valence-electron chi connectivity index (χ1n) is 6.62. The number of ether oxygens (including phenoxy) is 1. The Morgan fingerprint density at radius 3 is 2.84 bits per heavy atom. The molecule has 0 saturated carbocycles. The standard InChI is InChI=1S/C15H19NO3/c1-11-6-5-7-12(2)19-15(10-11)13-8-3-4-9-14(13)16(17)18/h3-4,6,8-9,12,15H,5,7,10H2,1-2H3/b11-6-/t12-,15-/m0/s1. The van der Waals surface area contributed by atoms with Gasteiger partial charge in [-0.3, -0.25) is 10.1 Å². The molecule has 4 heteroatoms. The summed E-state index contributed by atoms with van der Waals surface area (Å²) in [5.41, 5.74) is 2.05. The SMILES string of the molecule is C/C1=C/CC[C@H](C)O[C@H](c2ccccc2[N+](=O)[O-])C1. The second kappa shape index (κ2) is 5.97. The summed E-state index contributed by atoms with van der Waals surface area (Å²) in [7, 11) is 0. The molecule has 1 heterocycles. The van der Waals surface area contributed by atoms with E-state index in [-0.39, 0.29) is 22.8 Å². The Morgan fingerprint density at radius 1 is 1.37 bits per heavy atom. The van der Waals surface area contributed by atoms with Crippen LogP contribution in [0.1, 0.15) is 44.8 Å². The van der Waals surface area contributed by atoms with Crippen molar-refractivity contribution in [3.63, 3.8) is 0 Å². The Morgan fingerprint density at radius 2 is 2.11 bits per heavy atom. The fourth-order valence-electron chi connectivity index (χ4n) is 2.45. The topological polar surface area (TPSA) is 52.4 Å². The molecule has 0 aromatic heterocycles. The van der Waals surface area contributed by atoms with Gasteiger partial charge in [0.25, 0.3) is 5.69 Å². The third-order valence-electron chi connectivity index (χ3n) is 3.45. The number of benzene rings is 1. The molecule has 2 atom stereocenters. The molecular formula is C15H19NO3. The van der Waals surface area contributed by atoms with Crippen LogP contribution in [-0.2, 0) is 4.74 Å². The Balaban J connectivity index is 2.35. The molecule has 102 valence electrons. The number of allylic oxidation sites excluding steroid dienone is 1. The molecule has 0 aliphatic carbocycles. The van der Waals surface area contributed by atoms with Gasteiger partial charge in [-0.2, -0.15) is 0 Å².